The summed E-state index contributed by atoms with van der Waals surface area (Å²) in [5, 5.41) is 0. The molecule has 2 rings (SSSR count). The van der Waals surface area contributed by atoms with Crippen LogP contribution in [0.5, 0.6) is 0 Å². The molecule has 1 fully saturated rings. The van der Waals surface area contributed by atoms with Crippen LogP contribution in [0.25, 0.3) is 5.57 Å². The lowest BCUT2D eigenvalue weighted by molar-refractivity contribution is -0.119. The van der Waals surface area contributed by atoms with Crippen molar-refractivity contribution in [2.24, 2.45) is 5.92 Å². The summed E-state index contributed by atoms with van der Waals surface area (Å²) in [4.78, 5) is 22.8. The van der Waals surface area contributed by atoms with E-state index < -0.39 is 0 Å². The third-order valence-corrected chi connectivity index (χ3v) is 3.87. The minimum Gasteiger partial charge on any atom is -0.298 e. The van der Waals surface area contributed by atoms with E-state index in [1.807, 2.05) is 19.1 Å². The van der Waals surface area contributed by atoms with E-state index in [-0.39, 0.29) is 11.7 Å². The van der Waals surface area contributed by atoms with Crippen molar-refractivity contribution >= 4 is 17.6 Å². The Morgan fingerprint density at radius 2 is 1.74 bits per heavy atom. The largest absolute Gasteiger partial charge is 0.298 e. The molecule has 0 heterocycles. The van der Waals surface area contributed by atoms with Crippen molar-refractivity contribution in [3.63, 3.8) is 0 Å². The fraction of sp³-hybridized carbons (Fsp3) is 0.412. The van der Waals surface area contributed by atoms with Crippen LogP contribution in [0.3, 0.4) is 0 Å². The fourth-order valence-electron chi connectivity index (χ4n) is 2.63. The first kappa shape index (κ1) is 13.7. The highest BCUT2D eigenvalue weighted by molar-refractivity contribution is 5.98. The van der Waals surface area contributed by atoms with Crippen molar-refractivity contribution in [1.82, 2.24) is 0 Å². The van der Waals surface area contributed by atoms with E-state index >= 15 is 0 Å². The Morgan fingerprint density at radius 1 is 1.11 bits per heavy atom. The summed E-state index contributed by atoms with van der Waals surface area (Å²) in [5.74, 6) is 0.481. The van der Waals surface area contributed by atoms with Gasteiger partial charge in [-0.15, -0.1) is 0 Å². The lowest BCUT2D eigenvalue weighted by atomic mass is 9.85. The van der Waals surface area contributed by atoms with Gasteiger partial charge in [0.15, 0.2) is 5.78 Å². The minimum atomic E-state index is 0.220. The molecule has 1 aromatic rings. The zero-order chi connectivity index (χ0) is 13.7. The van der Waals surface area contributed by atoms with Gasteiger partial charge < -0.3 is 0 Å². The molecule has 0 radical (unpaired) electrons. The summed E-state index contributed by atoms with van der Waals surface area (Å²) in [5.41, 5.74) is 2.65. The highest BCUT2D eigenvalue weighted by Gasteiger charge is 2.19. The quantitative estimate of drug-likeness (QED) is 0.601. The number of carbonyl (C=O) groups is 2. The highest BCUT2D eigenvalue weighted by Crippen LogP contribution is 2.26. The maximum Gasteiger partial charge on any atom is 0.159 e. The predicted octanol–water partition coefficient (Wildman–Crippen LogP) is 4.05. The molecule has 1 aromatic carbocycles. The first-order chi connectivity index (χ1) is 9.20. The number of hydrogen-bond donors (Lipinski definition) is 0. The van der Waals surface area contributed by atoms with Crippen molar-refractivity contribution in [3.05, 3.63) is 41.5 Å². The van der Waals surface area contributed by atoms with Gasteiger partial charge in [-0.3, -0.25) is 9.59 Å². The standard InChI is InChI=1S/C17H20O2/c1-13(15-9-7-14(12-18)8-10-15)11-17(19)16-5-3-2-4-6-16/h7-12,16H,2-6H2,1H3/b13-11+. The average Bonchev–Trinajstić information content (AvgIpc) is 2.48. The van der Waals surface area contributed by atoms with Gasteiger partial charge in [0.25, 0.3) is 0 Å². The smallest absolute Gasteiger partial charge is 0.159 e. The van der Waals surface area contributed by atoms with Crippen molar-refractivity contribution in [3.8, 4) is 0 Å². The number of carbonyl (C=O) groups excluding carboxylic acids is 2. The second kappa shape index (κ2) is 6.46. The van der Waals surface area contributed by atoms with Gasteiger partial charge in [-0.2, -0.15) is 0 Å². The molecule has 2 nitrogen and oxygen atoms in total. The molecule has 1 aliphatic carbocycles. The molecule has 2 heteroatoms. The van der Waals surface area contributed by atoms with E-state index in [0.29, 0.717) is 5.56 Å². The lowest BCUT2D eigenvalue weighted by Crippen LogP contribution is -2.15. The summed E-state index contributed by atoms with van der Waals surface area (Å²) in [6.45, 7) is 1.96. The van der Waals surface area contributed by atoms with E-state index in [1.165, 1.54) is 19.3 Å². The van der Waals surface area contributed by atoms with E-state index in [0.717, 1.165) is 30.3 Å². The Hall–Kier alpha value is -1.70. The molecule has 1 saturated carbocycles. The molecule has 0 aromatic heterocycles. The zero-order valence-electron chi connectivity index (χ0n) is 11.4. The molecule has 0 N–H and O–H groups in total. The van der Waals surface area contributed by atoms with E-state index in [9.17, 15) is 9.59 Å². The number of ketones is 1. The molecular weight excluding hydrogens is 236 g/mol. The molecule has 0 bridgehead atoms. The summed E-state index contributed by atoms with van der Waals surface area (Å²) < 4.78 is 0. The van der Waals surface area contributed by atoms with Crippen LogP contribution in [-0.4, -0.2) is 12.1 Å². The van der Waals surface area contributed by atoms with Crippen LogP contribution >= 0.6 is 0 Å². The van der Waals surface area contributed by atoms with Gasteiger partial charge in [-0.1, -0.05) is 43.5 Å². The molecule has 0 spiro atoms. The van der Waals surface area contributed by atoms with Gasteiger partial charge in [0.2, 0.25) is 0 Å². The molecular formula is C17H20O2. The van der Waals surface area contributed by atoms with Crippen LogP contribution in [-0.2, 0) is 4.79 Å². The van der Waals surface area contributed by atoms with Crippen molar-refractivity contribution in [1.29, 1.82) is 0 Å². The van der Waals surface area contributed by atoms with Crippen molar-refractivity contribution in [2.45, 2.75) is 39.0 Å². The Morgan fingerprint density at radius 3 is 2.32 bits per heavy atom. The summed E-state index contributed by atoms with van der Waals surface area (Å²) in [7, 11) is 0. The van der Waals surface area contributed by atoms with E-state index in [2.05, 4.69) is 0 Å². The third kappa shape index (κ3) is 3.63. The van der Waals surface area contributed by atoms with Crippen molar-refractivity contribution in [2.75, 3.05) is 0 Å². The van der Waals surface area contributed by atoms with Gasteiger partial charge >= 0.3 is 0 Å². The monoisotopic (exact) mass is 256 g/mol. The van der Waals surface area contributed by atoms with Gasteiger partial charge in [-0.25, -0.2) is 0 Å². The highest BCUT2D eigenvalue weighted by atomic mass is 16.1. The van der Waals surface area contributed by atoms with Crippen LogP contribution in [0.4, 0.5) is 0 Å². The summed E-state index contributed by atoms with van der Waals surface area (Å²) in [6, 6.07) is 7.35. The predicted molar refractivity (Wildman–Crippen MR) is 77.1 cm³/mol. The number of rotatable bonds is 4. The Balaban J connectivity index is 2.08. The number of hydrogen-bond acceptors (Lipinski definition) is 2. The molecule has 0 aliphatic heterocycles. The molecule has 0 amide bonds. The van der Waals surface area contributed by atoms with E-state index in [4.69, 9.17) is 0 Å². The second-order valence-electron chi connectivity index (χ2n) is 5.30. The number of allylic oxidation sites excluding steroid dienone is 2. The summed E-state index contributed by atoms with van der Waals surface area (Å²) in [6.07, 6.45) is 8.29. The second-order valence-corrected chi connectivity index (χ2v) is 5.30. The lowest BCUT2D eigenvalue weighted by Gasteiger charge is -2.19. The normalized spacial score (nSPS) is 17.2. The topological polar surface area (TPSA) is 34.1 Å². The molecule has 1 aliphatic rings. The minimum absolute atomic E-state index is 0.220. The Labute approximate surface area is 114 Å². The van der Waals surface area contributed by atoms with Gasteiger partial charge in [-0.05, 0) is 37.0 Å². The first-order valence-electron chi connectivity index (χ1n) is 6.98. The molecule has 0 saturated heterocycles. The molecule has 100 valence electrons. The van der Waals surface area contributed by atoms with E-state index in [1.54, 1.807) is 18.2 Å². The Bertz CT molecular complexity index is 476. The fourth-order valence-corrected chi connectivity index (χ4v) is 2.63. The van der Waals surface area contributed by atoms with Crippen LogP contribution in [0.15, 0.2) is 30.3 Å². The first-order valence-corrected chi connectivity index (χ1v) is 6.98. The van der Waals surface area contributed by atoms with Crippen molar-refractivity contribution < 1.29 is 9.59 Å². The zero-order valence-corrected chi connectivity index (χ0v) is 11.4. The molecule has 0 unspecified atom stereocenters. The van der Waals surface area contributed by atoms with Crippen LogP contribution < -0.4 is 0 Å². The maximum absolute atomic E-state index is 12.2. The van der Waals surface area contributed by atoms with Gasteiger partial charge in [0, 0.05) is 11.5 Å². The third-order valence-electron chi connectivity index (χ3n) is 3.87. The van der Waals surface area contributed by atoms with Crippen LogP contribution in [0.1, 0.15) is 54.9 Å². The number of aldehydes is 1. The Kier molecular flexibility index (Phi) is 4.67. The molecule has 0 atom stereocenters. The maximum atomic E-state index is 12.2. The van der Waals surface area contributed by atoms with Gasteiger partial charge in [0.05, 0.1) is 0 Å². The average molecular weight is 256 g/mol. The molecule has 19 heavy (non-hydrogen) atoms. The van der Waals surface area contributed by atoms with Crippen LogP contribution in [0.2, 0.25) is 0 Å². The number of benzene rings is 1. The summed E-state index contributed by atoms with van der Waals surface area (Å²) >= 11 is 0. The SMILES string of the molecule is C/C(=C\C(=O)C1CCCCC1)c1ccc(C=O)cc1. The van der Waals surface area contributed by atoms with Crippen LogP contribution in [0, 0.1) is 5.92 Å². The van der Waals surface area contributed by atoms with Gasteiger partial charge in [0.1, 0.15) is 6.29 Å².